The number of nitrogens with one attached hydrogen (secondary N) is 1. The number of nitrogens with zero attached hydrogens (tertiary/aromatic N) is 1. The fraction of sp³-hybridized carbons (Fsp3) is 0.108. The van der Waals surface area contributed by atoms with Gasteiger partial charge in [0.05, 0.1) is 5.69 Å². The lowest BCUT2D eigenvalue weighted by Gasteiger charge is -2.43. The normalized spacial score (nSPS) is 12.6. The van der Waals surface area contributed by atoms with Crippen molar-refractivity contribution in [3.05, 3.63) is 254 Å². The quantitative estimate of drug-likeness (QED) is 0.137. The minimum absolute atomic E-state index is 0.117. The average molecular weight is 1020 g/mol. The van der Waals surface area contributed by atoms with Gasteiger partial charge in [-0.2, -0.15) is 0 Å². The third kappa shape index (κ3) is 8.17. The number of rotatable bonds is 10. The van der Waals surface area contributed by atoms with Crippen molar-refractivity contribution in [2.24, 2.45) is 0 Å². The minimum Gasteiger partial charge on any atom is -0.356 e. The minimum atomic E-state index is -0.173. The number of unbranched alkanes of at least 4 members (excludes halogenated alkanes) is 1. The molecule has 11 aromatic carbocycles. The van der Waals surface area contributed by atoms with E-state index in [0.29, 0.717) is 0 Å². The molecule has 2 aliphatic rings. The summed E-state index contributed by atoms with van der Waals surface area (Å²) >= 11 is 1.96. The van der Waals surface area contributed by atoms with Crippen LogP contribution in [0.15, 0.2) is 243 Å². The van der Waals surface area contributed by atoms with Gasteiger partial charge in [-0.15, -0.1) is 11.3 Å². The zero-order valence-corrected chi connectivity index (χ0v) is 45.5. The summed E-state index contributed by atoms with van der Waals surface area (Å²) in [6.07, 6.45) is 3.25. The Bertz CT molecular complexity index is 4180. The maximum atomic E-state index is 4.34. The fourth-order valence-corrected chi connectivity index (χ4v) is 13.8. The predicted octanol–water partition coefficient (Wildman–Crippen LogP) is 19.1. The van der Waals surface area contributed by atoms with Gasteiger partial charge < -0.3 is 10.2 Å². The molecule has 14 rings (SSSR count). The van der Waals surface area contributed by atoms with E-state index in [4.69, 9.17) is 0 Å². The van der Waals surface area contributed by atoms with Crippen LogP contribution in [0, 0.1) is 0 Å². The van der Waals surface area contributed by atoms with Crippen LogP contribution < -0.4 is 26.6 Å². The smallest absolute Gasteiger partial charge is 0.252 e. The molecule has 12 aromatic rings. The standard InChI is InChI=1S/C74H59BN2S/c1-5-6-34-59-57(38-39-60-58-35-22-23-36-69(58)78-73(59)60)63-43-55(50-28-16-9-17-29-50)45-65-71(63)76-66-46-56(74(2,3)4)47-68-70(66)75(65)64-44-53(48-24-12-7-13-25-48)37-40-67(64)77(68)72-61(51-30-18-10-19-31-51)41-54(49-26-14-8-15-27-49)42-62(72)52-32-20-11-21-33-52/h7-33,35-47,76H,5-6,34H2,1-4H3. The van der Waals surface area contributed by atoms with Crippen molar-refractivity contribution in [3.63, 3.8) is 0 Å². The molecule has 2 aliphatic heterocycles. The monoisotopic (exact) mass is 1020 g/mol. The molecule has 0 saturated carbocycles. The highest BCUT2D eigenvalue weighted by Crippen LogP contribution is 2.52. The summed E-state index contributed by atoms with van der Waals surface area (Å²) in [5.41, 5.74) is 26.8. The summed E-state index contributed by atoms with van der Waals surface area (Å²) in [7, 11) is 0. The average Bonchev–Trinajstić information content (AvgIpc) is 4.01. The topological polar surface area (TPSA) is 15.3 Å². The Morgan fingerprint density at radius 1 is 0.449 bits per heavy atom. The van der Waals surface area contributed by atoms with Crippen LogP contribution in [0.4, 0.5) is 28.4 Å². The Balaban J connectivity index is 1.11. The summed E-state index contributed by atoms with van der Waals surface area (Å²) < 4.78 is 2.75. The van der Waals surface area contributed by atoms with Crippen LogP contribution in [0.3, 0.4) is 0 Å². The molecule has 3 heterocycles. The van der Waals surface area contributed by atoms with E-state index in [1.807, 2.05) is 11.3 Å². The fourth-order valence-electron chi connectivity index (χ4n) is 12.5. The molecule has 1 aromatic heterocycles. The number of anilines is 5. The highest BCUT2D eigenvalue weighted by atomic mass is 32.1. The van der Waals surface area contributed by atoms with Gasteiger partial charge in [0.15, 0.2) is 0 Å². The molecule has 374 valence electrons. The summed E-state index contributed by atoms with van der Waals surface area (Å²) in [6.45, 7) is 9.29. The molecule has 78 heavy (non-hydrogen) atoms. The van der Waals surface area contributed by atoms with Crippen molar-refractivity contribution in [2.45, 2.75) is 52.4 Å². The summed E-state index contributed by atoms with van der Waals surface area (Å²) in [6, 6.07) is 91.0. The van der Waals surface area contributed by atoms with Crippen LogP contribution in [0.5, 0.6) is 0 Å². The number of aryl methyl sites for hydroxylation is 1. The molecule has 0 fully saturated rings. The first-order valence-corrected chi connectivity index (χ1v) is 28.6. The van der Waals surface area contributed by atoms with Gasteiger partial charge in [-0.1, -0.05) is 234 Å². The molecule has 0 unspecified atom stereocenters. The third-order valence-electron chi connectivity index (χ3n) is 16.4. The molecule has 0 radical (unpaired) electrons. The van der Waals surface area contributed by atoms with Crippen molar-refractivity contribution >= 4 is 83.0 Å². The zero-order valence-electron chi connectivity index (χ0n) is 44.6. The Morgan fingerprint density at radius 2 is 0.987 bits per heavy atom. The molecule has 0 saturated heterocycles. The molecule has 0 spiro atoms. The predicted molar refractivity (Wildman–Crippen MR) is 338 cm³/mol. The van der Waals surface area contributed by atoms with Gasteiger partial charge in [0.1, 0.15) is 0 Å². The molecular formula is C74H59BN2S. The van der Waals surface area contributed by atoms with Crippen molar-refractivity contribution in [1.29, 1.82) is 0 Å². The Morgan fingerprint density at radius 3 is 1.59 bits per heavy atom. The maximum Gasteiger partial charge on any atom is 0.252 e. The first-order valence-electron chi connectivity index (χ1n) is 27.7. The number of thiophene rings is 1. The van der Waals surface area contributed by atoms with Gasteiger partial charge in [0.25, 0.3) is 6.71 Å². The van der Waals surface area contributed by atoms with E-state index in [1.165, 1.54) is 132 Å². The molecule has 0 atom stereocenters. The van der Waals surface area contributed by atoms with Crippen LogP contribution in [-0.4, -0.2) is 6.71 Å². The molecule has 0 bridgehead atoms. The van der Waals surface area contributed by atoms with E-state index in [2.05, 4.69) is 281 Å². The van der Waals surface area contributed by atoms with Crippen LogP contribution in [0.25, 0.3) is 86.9 Å². The zero-order chi connectivity index (χ0) is 52.5. The van der Waals surface area contributed by atoms with E-state index in [9.17, 15) is 0 Å². The van der Waals surface area contributed by atoms with Gasteiger partial charge in [-0.3, -0.25) is 0 Å². The van der Waals surface area contributed by atoms with Gasteiger partial charge >= 0.3 is 0 Å². The first kappa shape index (κ1) is 47.7. The lowest BCUT2D eigenvalue weighted by Crippen LogP contribution is -2.60. The van der Waals surface area contributed by atoms with Crippen molar-refractivity contribution in [2.75, 3.05) is 10.2 Å². The van der Waals surface area contributed by atoms with Gasteiger partial charge in [0, 0.05) is 59.6 Å². The SMILES string of the molecule is CCCCc1c(-c2cc(-c3ccccc3)cc3c2Nc2cc(C(C)(C)C)cc4c2B3c2cc(-c3ccccc3)ccc2N4c2c(-c3ccccc3)cc(-c3ccccc3)cc2-c2ccccc2)ccc2c1sc1ccccc12. The highest BCUT2D eigenvalue weighted by Gasteiger charge is 2.44. The summed E-state index contributed by atoms with van der Waals surface area (Å²) in [5.74, 6) is 0. The van der Waals surface area contributed by atoms with Gasteiger partial charge in [-0.25, -0.2) is 0 Å². The Kier molecular flexibility index (Phi) is 11.9. The lowest BCUT2D eigenvalue weighted by molar-refractivity contribution is 0.591. The largest absolute Gasteiger partial charge is 0.356 e. The second kappa shape index (κ2) is 19.4. The van der Waals surface area contributed by atoms with Crippen molar-refractivity contribution in [3.8, 4) is 66.8 Å². The van der Waals surface area contributed by atoms with Crippen LogP contribution >= 0.6 is 11.3 Å². The van der Waals surface area contributed by atoms with Gasteiger partial charge in [-0.05, 0) is 138 Å². The molecular weight excluding hydrogens is 960 g/mol. The van der Waals surface area contributed by atoms with E-state index in [1.54, 1.807) is 0 Å². The molecule has 0 aliphatic carbocycles. The van der Waals surface area contributed by atoms with E-state index < -0.39 is 0 Å². The number of benzene rings is 11. The molecule has 0 amide bonds. The Hall–Kier alpha value is -8.70. The first-order chi connectivity index (χ1) is 38.3. The van der Waals surface area contributed by atoms with E-state index in [-0.39, 0.29) is 12.1 Å². The van der Waals surface area contributed by atoms with Gasteiger partial charge in [0.2, 0.25) is 0 Å². The third-order valence-corrected chi connectivity index (χ3v) is 17.7. The van der Waals surface area contributed by atoms with Crippen molar-refractivity contribution in [1.82, 2.24) is 0 Å². The highest BCUT2D eigenvalue weighted by molar-refractivity contribution is 7.26. The number of hydrogen-bond acceptors (Lipinski definition) is 3. The lowest BCUT2D eigenvalue weighted by atomic mass is 9.33. The van der Waals surface area contributed by atoms with Crippen LogP contribution in [-0.2, 0) is 11.8 Å². The van der Waals surface area contributed by atoms with Crippen LogP contribution in [0.2, 0.25) is 0 Å². The van der Waals surface area contributed by atoms with E-state index in [0.717, 1.165) is 30.6 Å². The second-order valence-corrected chi connectivity index (χ2v) is 23.3. The molecule has 2 nitrogen and oxygen atoms in total. The maximum absolute atomic E-state index is 4.34. The molecule has 1 N–H and O–H groups in total. The number of hydrogen-bond donors (Lipinski definition) is 1. The summed E-state index contributed by atoms with van der Waals surface area (Å²) in [4.78, 5) is 2.65. The van der Waals surface area contributed by atoms with Crippen LogP contribution in [0.1, 0.15) is 51.7 Å². The Labute approximate surface area is 463 Å². The number of fused-ring (bicyclic) bond motifs is 7. The second-order valence-electron chi connectivity index (χ2n) is 22.3. The molecule has 4 heteroatoms. The van der Waals surface area contributed by atoms with E-state index >= 15 is 0 Å². The summed E-state index contributed by atoms with van der Waals surface area (Å²) in [5, 5.41) is 7.04. The van der Waals surface area contributed by atoms with Crippen molar-refractivity contribution < 1.29 is 0 Å².